The van der Waals surface area contributed by atoms with Gasteiger partial charge in [0.25, 0.3) is 11.8 Å². The van der Waals surface area contributed by atoms with Crippen molar-refractivity contribution in [3.8, 4) is 5.75 Å². The minimum Gasteiger partial charge on any atom is -0.496 e. The Balaban J connectivity index is 1.86. The predicted octanol–water partition coefficient (Wildman–Crippen LogP) is -0.597. The van der Waals surface area contributed by atoms with Crippen molar-refractivity contribution in [2.45, 2.75) is 6.42 Å². The van der Waals surface area contributed by atoms with Crippen LogP contribution in [0.15, 0.2) is 36.0 Å². The first kappa shape index (κ1) is 17.0. The van der Waals surface area contributed by atoms with E-state index in [1.54, 1.807) is 18.2 Å². The molecule has 1 aliphatic heterocycles. The van der Waals surface area contributed by atoms with E-state index >= 15 is 0 Å². The monoisotopic (exact) mass is 333 g/mol. The topological polar surface area (TPSA) is 123 Å². The maximum Gasteiger partial charge on any atom is 0.356 e. The number of hydrogen-bond donors (Lipinski definition) is 3. The number of esters is 1. The number of nitrogens with one attached hydrogen (secondary N) is 3. The van der Waals surface area contributed by atoms with Crippen molar-refractivity contribution in [1.29, 1.82) is 0 Å². The summed E-state index contributed by atoms with van der Waals surface area (Å²) in [5.41, 5.74) is 4.78. The van der Waals surface area contributed by atoms with E-state index in [2.05, 4.69) is 16.2 Å². The largest absolute Gasteiger partial charge is 0.496 e. The lowest BCUT2D eigenvalue weighted by Crippen LogP contribution is -2.43. The molecule has 3 amide bonds. The van der Waals surface area contributed by atoms with Gasteiger partial charge in [-0.15, -0.1) is 0 Å². The third-order valence-corrected chi connectivity index (χ3v) is 2.99. The fourth-order valence-corrected chi connectivity index (χ4v) is 1.84. The van der Waals surface area contributed by atoms with E-state index in [4.69, 9.17) is 9.47 Å². The minimum atomic E-state index is -0.824. The highest BCUT2D eigenvalue weighted by Crippen LogP contribution is 2.16. The van der Waals surface area contributed by atoms with Crippen molar-refractivity contribution >= 4 is 23.7 Å². The molecule has 2 rings (SSSR count). The fourth-order valence-electron chi connectivity index (χ4n) is 1.84. The average Bonchev–Trinajstić information content (AvgIpc) is 2.60. The molecule has 1 aliphatic rings. The lowest BCUT2D eigenvalue weighted by Gasteiger charge is -2.15. The number of imide groups is 1. The summed E-state index contributed by atoms with van der Waals surface area (Å²) in [6, 6.07) is 6.38. The standard InChI is InChI=1S/C15H15N3O6/c1-23-11-5-3-2-4-9(11)14(21)16-13(20)8-24-15(22)10-6-7-12(19)18-17-10/h2-6,17H,7-8H2,1H3,(H,18,19)(H,16,20,21). The van der Waals surface area contributed by atoms with Gasteiger partial charge in [-0.3, -0.25) is 30.6 Å². The van der Waals surface area contributed by atoms with Crippen LogP contribution >= 0.6 is 0 Å². The molecule has 24 heavy (non-hydrogen) atoms. The number of carbonyl (C=O) groups excluding carboxylic acids is 4. The minimum absolute atomic E-state index is 0.0125. The zero-order chi connectivity index (χ0) is 17.5. The van der Waals surface area contributed by atoms with Crippen LogP contribution in [0.4, 0.5) is 0 Å². The fraction of sp³-hybridized carbons (Fsp3) is 0.200. The molecule has 9 nitrogen and oxygen atoms in total. The molecule has 1 aromatic rings. The molecule has 0 bridgehead atoms. The Hall–Kier alpha value is -3.36. The van der Waals surface area contributed by atoms with E-state index in [1.807, 2.05) is 0 Å². The molecule has 3 N–H and O–H groups in total. The summed E-state index contributed by atoms with van der Waals surface area (Å²) in [6.07, 6.45) is 1.36. The summed E-state index contributed by atoms with van der Waals surface area (Å²) in [4.78, 5) is 46.3. The quantitative estimate of drug-likeness (QED) is 0.615. The normalized spacial score (nSPS) is 13.0. The van der Waals surface area contributed by atoms with Gasteiger partial charge in [-0.25, -0.2) is 4.79 Å². The SMILES string of the molecule is COc1ccccc1C(=O)NC(=O)COC(=O)C1=CCC(=O)NN1. The number of hydrazine groups is 1. The number of ether oxygens (including phenoxy) is 2. The molecule has 0 saturated carbocycles. The Morgan fingerprint density at radius 3 is 2.62 bits per heavy atom. The molecule has 0 atom stereocenters. The number of hydrogen-bond acceptors (Lipinski definition) is 7. The third kappa shape index (κ3) is 4.32. The smallest absolute Gasteiger partial charge is 0.356 e. The molecule has 0 radical (unpaired) electrons. The van der Waals surface area contributed by atoms with E-state index in [1.165, 1.54) is 19.3 Å². The highest BCUT2D eigenvalue weighted by Gasteiger charge is 2.19. The molecule has 0 aromatic heterocycles. The average molecular weight is 333 g/mol. The zero-order valence-corrected chi connectivity index (χ0v) is 12.8. The van der Waals surface area contributed by atoms with E-state index in [0.29, 0.717) is 5.75 Å². The van der Waals surface area contributed by atoms with Crippen molar-refractivity contribution < 1.29 is 28.7 Å². The summed E-state index contributed by atoms with van der Waals surface area (Å²) < 4.78 is 9.78. The number of carbonyl (C=O) groups is 4. The van der Waals surface area contributed by atoms with Crippen molar-refractivity contribution in [2.24, 2.45) is 0 Å². The number of amides is 3. The van der Waals surface area contributed by atoms with Crippen LogP contribution < -0.4 is 20.9 Å². The van der Waals surface area contributed by atoms with Gasteiger partial charge in [-0.05, 0) is 18.2 Å². The lowest BCUT2D eigenvalue weighted by atomic mass is 10.2. The van der Waals surface area contributed by atoms with Crippen molar-refractivity contribution in [3.05, 3.63) is 41.6 Å². The van der Waals surface area contributed by atoms with Crippen LogP contribution in [0.2, 0.25) is 0 Å². The van der Waals surface area contributed by atoms with Crippen LogP contribution in [0.25, 0.3) is 0 Å². The van der Waals surface area contributed by atoms with Gasteiger partial charge in [0.15, 0.2) is 6.61 Å². The second-order valence-corrected chi connectivity index (χ2v) is 4.65. The first-order chi connectivity index (χ1) is 11.5. The first-order valence-electron chi connectivity index (χ1n) is 6.90. The third-order valence-electron chi connectivity index (χ3n) is 2.99. The molecular weight excluding hydrogens is 318 g/mol. The van der Waals surface area contributed by atoms with Crippen LogP contribution in [-0.2, 0) is 19.1 Å². The molecule has 9 heteroatoms. The van der Waals surface area contributed by atoms with E-state index < -0.39 is 24.4 Å². The number of benzene rings is 1. The number of rotatable bonds is 5. The van der Waals surface area contributed by atoms with E-state index in [0.717, 1.165) is 0 Å². The maximum atomic E-state index is 12.0. The van der Waals surface area contributed by atoms with Gasteiger partial charge < -0.3 is 9.47 Å². The summed E-state index contributed by atoms with van der Waals surface area (Å²) in [5, 5.41) is 2.09. The molecule has 0 saturated heterocycles. The molecule has 1 heterocycles. The van der Waals surface area contributed by atoms with Gasteiger partial charge in [0.05, 0.1) is 12.7 Å². The maximum absolute atomic E-state index is 12.0. The zero-order valence-electron chi connectivity index (χ0n) is 12.8. The van der Waals surface area contributed by atoms with Gasteiger partial charge in [0.1, 0.15) is 11.4 Å². The molecule has 0 fully saturated rings. The van der Waals surface area contributed by atoms with Gasteiger partial charge in [0.2, 0.25) is 5.91 Å². The lowest BCUT2D eigenvalue weighted by molar-refractivity contribution is -0.145. The molecule has 126 valence electrons. The van der Waals surface area contributed by atoms with Gasteiger partial charge >= 0.3 is 5.97 Å². The predicted molar refractivity (Wildman–Crippen MR) is 80.4 cm³/mol. The van der Waals surface area contributed by atoms with Crippen LogP contribution in [0.3, 0.4) is 0 Å². The van der Waals surface area contributed by atoms with Crippen LogP contribution in [0, 0.1) is 0 Å². The second-order valence-electron chi connectivity index (χ2n) is 4.65. The van der Waals surface area contributed by atoms with Gasteiger partial charge in [0, 0.05) is 6.42 Å². The summed E-state index contributed by atoms with van der Waals surface area (Å²) in [5.74, 6) is -2.27. The van der Waals surface area contributed by atoms with E-state index in [9.17, 15) is 19.2 Å². The first-order valence-corrected chi connectivity index (χ1v) is 6.90. The summed E-state index contributed by atoms with van der Waals surface area (Å²) in [6.45, 7) is -0.646. The van der Waals surface area contributed by atoms with Crippen LogP contribution in [-0.4, -0.2) is 37.4 Å². The van der Waals surface area contributed by atoms with Crippen molar-refractivity contribution in [3.63, 3.8) is 0 Å². The van der Waals surface area contributed by atoms with Crippen LogP contribution in [0.1, 0.15) is 16.8 Å². The Kier molecular flexibility index (Phi) is 5.50. The van der Waals surface area contributed by atoms with Crippen molar-refractivity contribution in [2.75, 3.05) is 13.7 Å². The summed E-state index contributed by atoms with van der Waals surface area (Å²) >= 11 is 0. The van der Waals surface area contributed by atoms with Crippen LogP contribution in [0.5, 0.6) is 5.75 Å². The van der Waals surface area contributed by atoms with Crippen molar-refractivity contribution in [1.82, 2.24) is 16.2 Å². The second kappa shape index (κ2) is 7.77. The Bertz CT molecular complexity index is 713. The Morgan fingerprint density at radius 1 is 1.21 bits per heavy atom. The highest BCUT2D eigenvalue weighted by molar-refractivity contribution is 6.07. The molecule has 0 aliphatic carbocycles. The van der Waals surface area contributed by atoms with E-state index in [-0.39, 0.29) is 23.6 Å². The van der Waals surface area contributed by atoms with Gasteiger partial charge in [-0.2, -0.15) is 0 Å². The molecule has 0 unspecified atom stereocenters. The highest BCUT2D eigenvalue weighted by atomic mass is 16.5. The Morgan fingerprint density at radius 2 is 1.96 bits per heavy atom. The number of para-hydroxylation sites is 1. The number of methoxy groups -OCH3 is 1. The molecule has 1 aromatic carbocycles. The molecule has 0 spiro atoms. The molecular formula is C15H15N3O6. The summed E-state index contributed by atoms with van der Waals surface area (Å²) in [7, 11) is 1.40. The Labute approximate surface area is 137 Å². The van der Waals surface area contributed by atoms with Gasteiger partial charge in [-0.1, -0.05) is 12.1 Å².